The molecule has 6 rings (SSSR count). The van der Waals surface area contributed by atoms with Crippen molar-refractivity contribution in [3.05, 3.63) is 52.0 Å². The lowest BCUT2D eigenvalue weighted by Crippen LogP contribution is -2.56. The number of esters is 1. The molecule has 4 heterocycles. The minimum absolute atomic E-state index is 0.0193. The molecule has 5 amide bonds. The van der Waals surface area contributed by atoms with Crippen molar-refractivity contribution in [3.63, 3.8) is 0 Å². The average molecular weight is 824 g/mol. The molecule has 2 N–H and O–H groups in total. The summed E-state index contributed by atoms with van der Waals surface area (Å²) in [5.41, 5.74) is 3.34. The number of halogens is 1. The number of nitrogens with one attached hydrogen (secondary N) is 1. The Hall–Kier alpha value is -4.31. The molecule has 2 aromatic carbocycles. The van der Waals surface area contributed by atoms with Crippen LogP contribution in [0.3, 0.4) is 0 Å². The number of phenols is 1. The van der Waals surface area contributed by atoms with Gasteiger partial charge in [-0.25, -0.2) is 9.59 Å². The van der Waals surface area contributed by atoms with Crippen LogP contribution in [0.25, 0.3) is 0 Å². The van der Waals surface area contributed by atoms with Gasteiger partial charge >= 0.3 is 18.1 Å². The highest BCUT2D eigenvalue weighted by Gasteiger charge is 2.37. The van der Waals surface area contributed by atoms with Crippen molar-refractivity contribution < 1.29 is 38.6 Å². The first kappa shape index (κ1) is 40.4. The lowest BCUT2D eigenvalue weighted by molar-refractivity contribution is -0.146. The van der Waals surface area contributed by atoms with Gasteiger partial charge in [0.2, 0.25) is 5.91 Å². The van der Waals surface area contributed by atoms with Crippen LogP contribution < -0.4 is 10.8 Å². The number of likely N-dealkylation sites (tertiary alicyclic amines) is 2. The van der Waals surface area contributed by atoms with Gasteiger partial charge in [-0.05, 0) is 83.7 Å². The fraction of sp³-hybridized carbons (Fsp3) is 0.564. The number of anilines is 1. The van der Waals surface area contributed by atoms with Crippen molar-refractivity contribution in [1.82, 2.24) is 24.5 Å². The number of hydrogen-bond acceptors (Lipinski definition) is 9. The van der Waals surface area contributed by atoms with Gasteiger partial charge in [0, 0.05) is 89.5 Å². The van der Waals surface area contributed by atoms with Crippen LogP contribution in [-0.2, 0) is 36.7 Å². The second-order valence-electron chi connectivity index (χ2n) is 14.8. The molecule has 0 aliphatic carbocycles. The van der Waals surface area contributed by atoms with Gasteiger partial charge in [-0.2, -0.15) is 0 Å². The normalized spacial score (nSPS) is 19.3. The van der Waals surface area contributed by atoms with Crippen LogP contribution in [0.4, 0.5) is 15.3 Å². The van der Waals surface area contributed by atoms with Crippen LogP contribution in [0, 0.1) is 0 Å². The molecule has 4 aliphatic rings. The summed E-state index contributed by atoms with van der Waals surface area (Å²) in [6.45, 7) is 7.13. The number of piperidine rings is 2. The Morgan fingerprint density at radius 2 is 1.56 bits per heavy atom. The Balaban J connectivity index is 1.03. The molecular formula is C39H52BBrN6O8. The fourth-order valence-electron chi connectivity index (χ4n) is 8.21. The summed E-state index contributed by atoms with van der Waals surface area (Å²) in [6, 6.07) is 11.5. The number of urea groups is 1. The van der Waals surface area contributed by atoms with E-state index in [2.05, 4.69) is 26.1 Å². The van der Waals surface area contributed by atoms with Crippen molar-refractivity contribution in [2.45, 2.75) is 76.5 Å². The summed E-state index contributed by atoms with van der Waals surface area (Å²) in [5.74, 6) is -0.519. The van der Waals surface area contributed by atoms with Crippen molar-refractivity contribution in [2.24, 2.45) is 0 Å². The molecule has 55 heavy (non-hydrogen) atoms. The minimum Gasteiger partial charge on any atom is -0.507 e. The van der Waals surface area contributed by atoms with Crippen LogP contribution in [0.15, 0.2) is 40.9 Å². The Bertz CT molecular complexity index is 1700. The number of aromatic hydroxyl groups is 1. The number of nitrogens with zero attached hydrogens (tertiary/aromatic N) is 5. The molecule has 296 valence electrons. The Labute approximate surface area is 332 Å². The third kappa shape index (κ3) is 10.1. The largest absolute Gasteiger partial charge is 0.507 e. The Morgan fingerprint density at radius 1 is 0.891 bits per heavy atom. The SMILES string of the molecule is Bc1cc(C[C@@H](OC(=O)N2CCC(N3CCc4ccccc4NC3=O)CC2)C(=O)N2CCC(N3CCN(C(=O)CCC(=O)OCC)CC3)CC2)cc(Br)c1O. The molecular weight excluding hydrogens is 771 g/mol. The second kappa shape index (κ2) is 18.6. The van der Waals surface area contributed by atoms with Gasteiger partial charge in [-0.3, -0.25) is 19.3 Å². The predicted octanol–water partition coefficient (Wildman–Crippen LogP) is 2.49. The van der Waals surface area contributed by atoms with Crippen molar-refractivity contribution in [2.75, 3.05) is 70.8 Å². The van der Waals surface area contributed by atoms with E-state index >= 15 is 0 Å². The monoisotopic (exact) mass is 822 g/mol. The van der Waals surface area contributed by atoms with Crippen molar-refractivity contribution in [3.8, 4) is 5.75 Å². The molecule has 0 radical (unpaired) electrons. The number of rotatable bonds is 10. The molecule has 3 saturated heterocycles. The van der Waals surface area contributed by atoms with Gasteiger partial charge in [0.25, 0.3) is 5.91 Å². The van der Waals surface area contributed by atoms with E-state index in [4.69, 9.17) is 9.47 Å². The summed E-state index contributed by atoms with van der Waals surface area (Å²) in [6.07, 6.45) is 2.26. The third-order valence-corrected chi connectivity index (χ3v) is 12.0. The molecule has 2 aromatic rings. The Kier molecular flexibility index (Phi) is 13.6. The number of fused-ring (bicyclic) bond motifs is 1. The van der Waals surface area contributed by atoms with Crippen LogP contribution in [0.2, 0.25) is 0 Å². The molecule has 16 heteroatoms. The number of piperazine rings is 1. The van der Waals surface area contributed by atoms with Crippen LogP contribution in [0.5, 0.6) is 5.75 Å². The molecule has 0 spiro atoms. The lowest BCUT2D eigenvalue weighted by atomic mass is 9.91. The highest BCUT2D eigenvalue weighted by Crippen LogP contribution is 2.27. The van der Waals surface area contributed by atoms with E-state index in [-0.39, 0.29) is 60.9 Å². The molecule has 3 fully saturated rings. The van der Waals surface area contributed by atoms with Crippen molar-refractivity contribution >= 4 is 64.8 Å². The molecule has 0 saturated carbocycles. The van der Waals surface area contributed by atoms with Crippen LogP contribution >= 0.6 is 15.9 Å². The van der Waals surface area contributed by atoms with E-state index in [0.29, 0.717) is 75.2 Å². The van der Waals surface area contributed by atoms with Gasteiger partial charge < -0.3 is 39.5 Å². The zero-order valence-electron chi connectivity index (χ0n) is 31.8. The zero-order valence-corrected chi connectivity index (χ0v) is 33.4. The van der Waals surface area contributed by atoms with Gasteiger partial charge in [0.1, 0.15) is 13.6 Å². The smallest absolute Gasteiger partial charge is 0.410 e. The Morgan fingerprint density at radius 3 is 2.25 bits per heavy atom. The van der Waals surface area contributed by atoms with Gasteiger partial charge in [0.05, 0.1) is 17.5 Å². The van der Waals surface area contributed by atoms with Crippen LogP contribution in [-0.4, -0.2) is 151 Å². The lowest BCUT2D eigenvalue weighted by Gasteiger charge is -2.43. The second-order valence-corrected chi connectivity index (χ2v) is 15.7. The number of ether oxygens (including phenoxy) is 2. The molecule has 4 aliphatic heterocycles. The maximum absolute atomic E-state index is 14.2. The van der Waals surface area contributed by atoms with E-state index < -0.39 is 12.2 Å². The summed E-state index contributed by atoms with van der Waals surface area (Å²) in [5, 5.41) is 13.4. The number of carbonyl (C=O) groups excluding carboxylic acids is 5. The molecule has 0 aromatic heterocycles. The van der Waals surface area contributed by atoms with E-state index in [1.54, 1.807) is 36.7 Å². The number of para-hydroxylation sites is 1. The number of amides is 5. The van der Waals surface area contributed by atoms with E-state index in [9.17, 15) is 29.1 Å². The van der Waals surface area contributed by atoms with E-state index in [1.807, 2.05) is 34.1 Å². The quantitative estimate of drug-likeness (QED) is 0.272. The highest BCUT2D eigenvalue weighted by atomic mass is 79.9. The maximum atomic E-state index is 14.2. The van der Waals surface area contributed by atoms with Gasteiger partial charge in [-0.1, -0.05) is 24.3 Å². The minimum atomic E-state index is -1.06. The number of phenolic OH excluding ortho intramolecular Hbond substituents is 1. The molecule has 14 nitrogen and oxygen atoms in total. The van der Waals surface area contributed by atoms with Gasteiger partial charge in [-0.15, -0.1) is 0 Å². The first-order chi connectivity index (χ1) is 26.5. The van der Waals surface area contributed by atoms with E-state index in [1.165, 1.54) is 0 Å². The summed E-state index contributed by atoms with van der Waals surface area (Å²) < 4.78 is 11.5. The molecule has 0 unspecified atom stereocenters. The standard InChI is InChI=1S/C39H52BBrN6O8/c1-2-54-35(49)8-7-34(48)44-21-19-43(20-22-44)28-10-14-45(15-11-28)37(51)33(25-26-23-30(40)36(50)31(41)24-26)55-39(53)46-16-12-29(13-17-46)47-18-9-27-5-3-4-6-32(27)42-38(47)52/h3-6,23-24,28-29,33,50H,2,7-22,25,40H2,1H3,(H,42,52)/t33-/m1/s1. The summed E-state index contributed by atoms with van der Waals surface area (Å²) in [7, 11) is 1.78. The number of hydrogen-bond donors (Lipinski definition) is 2. The van der Waals surface area contributed by atoms with Crippen molar-refractivity contribution in [1.29, 1.82) is 0 Å². The zero-order chi connectivity index (χ0) is 39.1. The summed E-state index contributed by atoms with van der Waals surface area (Å²) >= 11 is 3.41. The van der Waals surface area contributed by atoms with Crippen LogP contribution in [0.1, 0.15) is 56.6 Å². The topological polar surface area (TPSA) is 152 Å². The number of carbonyl (C=O) groups is 5. The average Bonchev–Trinajstić information content (AvgIpc) is 3.36. The molecule has 0 bridgehead atoms. The maximum Gasteiger partial charge on any atom is 0.410 e. The van der Waals surface area contributed by atoms with E-state index in [0.717, 1.165) is 49.2 Å². The van der Waals surface area contributed by atoms with Gasteiger partial charge in [0.15, 0.2) is 6.10 Å². The fourth-order valence-corrected chi connectivity index (χ4v) is 8.81. The first-order valence-corrected chi connectivity index (χ1v) is 20.3. The molecule has 1 atom stereocenters. The summed E-state index contributed by atoms with van der Waals surface area (Å²) in [4.78, 5) is 74.8. The third-order valence-electron chi connectivity index (χ3n) is 11.4. The highest BCUT2D eigenvalue weighted by molar-refractivity contribution is 9.10. The first-order valence-electron chi connectivity index (χ1n) is 19.6. The predicted molar refractivity (Wildman–Crippen MR) is 212 cm³/mol. The number of benzene rings is 2.